The second kappa shape index (κ2) is 7.14. The number of benzene rings is 1. The van der Waals surface area contributed by atoms with Crippen LogP contribution in [0.4, 0.5) is 0 Å². The fourth-order valence-corrected chi connectivity index (χ4v) is 1.75. The van der Waals surface area contributed by atoms with Gasteiger partial charge in [-0.25, -0.2) is 0 Å². The first-order valence-corrected chi connectivity index (χ1v) is 5.87. The van der Waals surface area contributed by atoms with Crippen LogP contribution in [0.15, 0.2) is 18.2 Å². The van der Waals surface area contributed by atoms with Gasteiger partial charge >= 0.3 is 0 Å². The van der Waals surface area contributed by atoms with Crippen molar-refractivity contribution < 1.29 is 9.47 Å². The highest BCUT2D eigenvalue weighted by Crippen LogP contribution is 2.23. The highest BCUT2D eigenvalue weighted by atomic mass is 16.5. The molecule has 1 aromatic carbocycles. The standard InChI is InChI=1S/C13H22N2O2/c1-4-15(6-5-14)10-11-7-12(16-2)9-13(8-11)17-3/h7-9H,4-6,10,14H2,1-3H3. The average molecular weight is 238 g/mol. The molecule has 0 unspecified atom stereocenters. The summed E-state index contributed by atoms with van der Waals surface area (Å²) in [6.07, 6.45) is 0. The lowest BCUT2D eigenvalue weighted by atomic mass is 10.2. The van der Waals surface area contributed by atoms with E-state index >= 15 is 0 Å². The van der Waals surface area contributed by atoms with Crippen molar-refractivity contribution in [2.75, 3.05) is 33.9 Å². The Morgan fingerprint density at radius 1 is 1.12 bits per heavy atom. The Kier molecular flexibility index (Phi) is 5.80. The lowest BCUT2D eigenvalue weighted by molar-refractivity contribution is 0.287. The molecule has 1 aromatic rings. The number of hydrogen-bond acceptors (Lipinski definition) is 4. The number of nitrogens with zero attached hydrogens (tertiary/aromatic N) is 1. The summed E-state index contributed by atoms with van der Waals surface area (Å²) in [5, 5.41) is 0. The summed E-state index contributed by atoms with van der Waals surface area (Å²) in [5.74, 6) is 1.64. The Hall–Kier alpha value is -1.26. The third-order valence-corrected chi connectivity index (χ3v) is 2.71. The van der Waals surface area contributed by atoms with Gasteiger partial charge in [0.1, 0.15) is 11.5 Å². The van der Waals surface area contributed by atoms with Gasteiger partial charge in [0.15, 0.2) is 0 Å². The van der Waals surface area contributed by atoms with Crippen molar-refractivity contribution in [3.8, 4) is 11.5 Å². The molecular weight excluding hydrogens is 216 g/mol. The van der Waals surface area contributed by atoms with E-state index in [1.165, 1.54) is 5.56 Å². The molecule has 0 spiro atoms. The van der Waals surface area contributed by atoms with E-state index < -0.39 is 0 Å². The van der Waals surface area contributed by atoms with Crippen LogP contribution >= 0.6 is 0 Å². The van der Waals surface area contributed by atoms with Gasteiger partial charge in [-0.1, -0.05) is 6.92 Å². The second-order valence-corrected chi connectivity index (χ2v) is 3.88. The summed E-state index contributed by atoms with van der Waals surface area (Å²) in [4.78, 5) is 2.29. The van der Waals surface area contributed by atoms with Crippen LogP contribution in [0.1, 0.15) is 12.5 Å². The van der Waals surface area contributed by atoms with Gasteiger partial charge < -0.3 is 15.2 Å². The van der Waals surface area contributed by atoms with Crippen LogP contribution in [0.3, 0.4) is 0 Å². The van der Waals surface area contributed by atoms with Crippen molar-refractivity contribution in [1.82, 2.24) is 4.90 Å². The molecule has 17 heavy (non-hydrogen) atoms. The van der Waals surface area contributed by atoms with E-state index in [1.54, 1.807) is 14.2 Å². The van der Waals surface area contributed by atoms with E-state index in [4.69, 9.17) is 15.2 Å². The van der Waals surface area contributed by atoms with Gasteiger partial charge in [0, 0.05) is 25.7 Å². The van der Waals surface area contributed by atoms with Crippen LogP contribution in [-0.4, -0.2) is 38.8 Å². The van der Waals surface area contributed by atoms with Crippen molar-refractivity contribution in [1.29, 1.82) is 0 Å². The van der Waals surface area contributed by atoms with Crippen molar-refractivity contribution in [2.45, 2.75) is 13.5 Å². The molecule has 0 saturated heterocycles. The minimum atomic E-state index is 0.676. The summed E-state index contributed by atoms with van der Waals surface area (Å²) in [7, 11) is 3.33. The predicted octanol–water partition coefficient (Wildman–Crippen LogP) is 1.48. The van der Waals surface area contributed by atoms with Crippen molar-refractivity contribution in [3.63, 3.8) is 0 Å². The molecule has 0 heterocycles. The van der Waals surface area contributed by atoms with E-state index in [1.807, 2.05) is 18.2 Å². The van der Waals surface area contributed by atoms with Crippen molar-refractivity contribution in [2.24, 2.45) is 5.73 Å². The molecule has 4 heteroatoms. The molecule has 0 aromatic heterocycles. The van der Waals surface area contributed by atoms with E-state index in [-0.39, 0.29) is 0 Å². The van der Waals surface area contributed by atoms with Gasteiger partial charge in [-0.05, 0) is 24.2 Å². The largest absolute Gasteiger partial charge is 0.497 e. The maximum Gasteiger partial charge on any atom is 0.122 e. The number of hydrogen-bond donors (Lipinski definition) is 1. The zero-order chi connectivity index (χ0) is 12.7. The molecule has 0 saturated carbocycles. The maximum absolute atomic E-state index is 5.58. The van der Waals surface area contributed by atoms with Gasteiger partial charge in [0.2, 0.25) is 0 Å². The summed E-state index contributed by atoms with van der Waals surface area (Å²) >= 11 is 0. The monoisotopic (exact) mass is 238 g/mol. The lowest BCUT2D eigenvalue weighted by Gasteiger charge is -2.20. The summed E-state index contributed by atoms with van der Waals surface area (Å²) in [6, 6.07) is 5.94. The molecule has 2 N–H and O–H groups in total. The molecule has 0 aliphatic carbocycles. The van der Waals surface area contributed by atoms with Crippen LogP contribution in [0.5, 0.6) is 11.5 Å². The van der Waals surface area contributed by atoms with E-state index in [0.29, 0.717) is 6.54 Å². The molecule has 0 bridgehead atoms. The molecule has 0 atom stereocenters. The first kappa shape index (κ1) is 13.8. The average Bonchev–Trinajstić information content (AvgIpc) is 2.37. The van der Waals surface area contributed by atoms with Crippen LogP contribution in [0, 0.1) is 0 Å². The summed E-state index contributed by atoms with van der Waals surface area (Å²) < 4.78 is 10.5. The second-order valence-electron chi connectivity index (χ2n) is 3.88. The summed E-state index contributed by atoms with van der Waals surface area (Å²) in [5.41, 5.74) is 6.76. The predicted molar refractivity (Wildman–Crippen MR) is 69.6 cm³/mol. The highest BCUT2D eigenvalue weighted by Gasteiger charge is 2.06. The molecule has 0 amide bonds. The lowest BCUT2D eigenvalue weighted by Crippen LogP contribution is -2.28. The number of rotatable bonds is 7. The molecule has 96 valence electrons. The molecule has 0 aliphatic rings. The SMILES string of the molecule is CCN(CCN)Cc1cc(OC)cc(OC)c1. The van der Waals surface area contributed by atoms with Gasteiger partial charge in [0.25, 0.3) is 0 Å². The van der Waals surface area contributed by atoms with Gasteiger partial charge in [-0.3, -0.25) is 4.90 Å². The maximum atomic E-state index is 5.58. The Bertz CT molecular complexity index is 320. The fourth-order valence-electron chi connectivity index (χ4n) is 1.75. The topological polar surface area (TPSA) is 47.7 Å². The Balaban J connectivity index is 2.81. The minimum Gasteiger partial charge on any atom is -0.497 e. The van der Waals surface area contributed by atoms with Gasteiger partial charge in [0.05, 0.1) is 14.2 Å². The molecule has 0 fully saturated rings. The Morgan fingerprint density at radius 2 is 1.71 bits per heavy atom. The van der Waals surface area contributed by atoms with Crippen LogP contribution in [-0.2, 0) is 6.54 Å². The molecule has 4 nitrogen and oxygen atoms in total. The zero-order valence-electron chi connectivity index (χ0n) is 10.9. The van der Waals surface area contributed by atoms with E-state index in [9.17, 15) is 0 Å². The van der Waals surface area contributed by atoms with Crippen LogP contribution < -0.4 is 15.2 Å². The third-order valence-electron chi connectivity index (χ3n) is 2.71. The number of methoxy groups -OCH3 is 2. The van der Waals surface area contributed by atoms with Crippen molar-refractivity contribution >= 4 is 0 Å². The van der Waals surface area contributed by atoms with Gasteiger partial charge in [-0.2, -0.15) is 0 Å². The number of nitrogens with two attached hydrogens (primary N) is 1. The first-order valence-electron chi connectivity index (χ1n) is 5.87. The van der Waals surface area contributed by atoms with E-state index in [2.05, 4.69) is 11.8 Å². The number of likely N-dealkylation sites (N-methyl/N-ethyl adjacent to an activating group) is 1. The smallest absolute Gasteiger partial charge is 0.122 e. The highest BCUT2D eigenvalue weighted by molar-refractivity contribution is 5.38. The summed E-state index contributed by atoms with van der Waals surface area (Å²) in [6.45, 7) is 5.55. The van der Waals surface area contributed by atoms with Crippen molar-refractivity contribution in [3.05, 3.63) is 23.8 Å². The molecule has 1 rings (SSSR count). The molecular formula is C13H22N2O2. The Morgan fingerprint density at radius 3 is 2.12 bits per heavy atom. The quantitative estimate of drug-likeness (QED) is 0.781. The van der Waals surface area contributed by atoms with Crippen LogP contribution in [0.2, 0.25) is 0 Å². The van der Waals surface area contributed by atoms with Crippen LogP contribution in [0.25, 0.3) is 0 Å². The number of ether oxygens (including phenoxy) is 2. The molecule has 0 radical (unpaired) electrons. The first-order chi connectivity index (χ1) is 8.23. The molecule has 0 aliphatic heterocycles. The third kappa shape index (κ3) is 4.24. The zero-order valence-corrected chi connectivity index (χ0v) is 10.9. The van der Waals surface area contributed by atoms with E-state index in [0.717, 1.165) is 31.1 Å². The Labute approximate surface area is 103 Å². The van der Waals surface area contributed by atoms with Gasteiger partial charge in [-0.15, -0.1) is 0 Å². The minimum absolute atomic E-state index is 0.676. The normalized spacial score (nSPS) is 10.6. The fraction of sp³-hybridized carbons (Fsp3) is 0.538.